The fourth-order valence-electron chi connectivity index (χ4n) is 4.02. The molecule has 0 aliphatic carbocycles. The van der Waals surface area contributed by atoms with Crippen molar-refractivity contribution in [3.63, 3.8) is 0 Å². The first kappa shape index (κ1) is 26.8. The molecule has 0 aliphatic rings. The van der Waals surface area contributed by atoms with Crippen molar-refractivity contribution < 1.29 is 9.59 Å². The fraction of sp³-hybridized carbons (Fsp3) is 0.310. The molecule has 6 heteroatoms. The highest BCUT2D eigenvalue weighted by molar-refractivity contribution is 6.35. The number of nitrogens with one attached hydrogen (secondary N) is 1. The van der Waals surface area contributed by atoms with E-state index in [4.69, 9.17) is 23.2 Å². The monoisotopic (exact) mass is 510 g/mol. The lowest BCUT2D eigenvalue weighted by Crippen LogP contribution is -2.52. The second-order valence-corrected chi connectivity index (χ2v) is 10.1. The van der Waals surface area contributed by atoms with Crippen LogP contribution in [-0.2, 0) is 29.0 Å². The summed E-state index contributed by atoms with van der Waals surface area (Å²) in [5.74, 6) is -0.326. The number of hydrogen-bond acceptors (Lipinski definition) is 2. The van der Waals surface area contributed by atoms with Gasteiger partial charge in [-0.2, -0.15) is 0 Å². The molecule has 0 bridgehead atoms. The third kappa shape index (κ3) is 7.58. The van der Waals surface area contributed by atoms with E-state index in [1.54, 1.807) is 17.0 Å². The van der Waals surface area contributed by atoms with Gasteiger partial charge in [0.1, 0.15) is 6.04 Å². The SMILES string of the molecule is Cc1ccc(C)c(CC(=O)N(Cc2ccc(Cl)cc2Cl)[C@H](Cc2ccccc2)C(=O)NC(C)C)c1. The van der Waals surface area contributed by atoms with Gasteiger partial charge in [-0.25, -0.2) is 0 Å². The highest BCUT2D eigenvalue weighted by atomic mass is 35.5. The molecule has 0 aromatic heterocycles. The number of benzene rings is 3. The highest BCUT2D eigenvalue weighted by Crippen LogP contribution is 2.25. The molecule has 0 heterocycles. The van der Waals surface area contributed by atoms with Crippen molar-refractivity contribution in [1.82, 2.24) is 10.2 Å². The topological polar surface area (TPSA) is 49.4 Å². The maximum absolute atomic E-state index is 13.9. The molecule has 0 fully saturated rings. The van der Waals surface area contributed by atoms with Gasteiger partial charge in [-0.15, -0.1) is 0 Å². The van der Waals surface area contributed by atoms with Crippen molar-refractivity contribution in [2.45, 2.75) is 59.2 Å². The summed E-state index contributed by atoms with van der Waals surface area (Å²) in [6.07, 6.45) is 0.585. The normalized spacial score (nSPS) is 11.9. The average Bonchev–Trinajstić information content (AvgIpc) is 2.80. The molecule has 1 N–H and O–H groups in total. The summed E-state index contributed by atoms with van der Waals surface area (Å²) in [6.45, 7) is 8.02. The van der Waals surface area contributed by atoms with E-state index in [9.17, 15) is 9.59 Å². The molecular weight excluding hydrogens is 479 g/mol. The van der Waals surface area contributed by atoms with Gasteiger partial charge in [-0.05, 0) is 62.1 Å². The summed E-state index contributed by atoms with van der Waals surface area (Å²) in [5.41, 5.74) is 4.79. The van der Waals surface area contributed by atoms with Crippen LogP contribution in [0.3, 0.4) is 0 Å². The van der Waals surface area contributed by atoms with Crippen LogP contribution in [0.25, 0.3) is 0 Å². The van der Waals surface area contributed by atoms with E-state index in [-0.39, 0.29) is 30.8 Å². The molecule has 4 nitrogen and oxygen atoms in total. The number of aryl methyl sites for hydroxylation is 2. The first-order valence-electron chi connectivity index (χ1n) is 11.8. The van der Waals surface area contributed by atoms with E-state index in [1.165, 1.54) is 0 Å². The van der Waals surface area contributed by atoms with Gasteiger partial charge in [0.25, 0.3) is 0 Å². The van der Waals surface area contributed by atoms with Crippen molar-refractivity contribution in [1.29, 1.82) is 0 Å². The smallest absolute Gasteiger partial charge is 0.243 e. The van der Waals surface area contributed by atoms with E-state index < -0.39 is 6.04 Å². The van der Waals surface area contributed by atoms with Crippen LogP contribution in [0.4, 0.5) is 0 Å². The molecule has 3 aromatic carbocycles. The maximum atomic E-state index is 13.9. The van der Waals surface area contributed by atoms with Gasteiger partial charge in [0.2, 0.25) is 11.8 Å². The third-order valence-corrected chi connectivity index (χ3v) is 6.49. The molecular formula is C29H32Cl2N2O2. The van der Waals surface area contributed by atoms with E-state index in [0.717, 1.165) is 27.8 Å². The lowest BCUT2D eigenvalue weighted by molar-refractivity contribution is -0.141. The van der Waals surface area contributed by atoms with E-state index in [2.05, 4.69) is 5.32 Å². The predicted molar refractivity (Wildman–Crippen MR) is 144 cm³/mol. The maximum Gasteiger partial charge on any atom is 0.243 e. The Morgan fingerprint density at radius 2 is 1.63 bits per heavy atom. The molecule has 0 unspecified atom stereocenters. The van der Waals surface area contributed by atoms with Gasteiger partial charge in [0, 0.05) is 29.1 Å². The van der Waals surface area contributed by atoms with Crippen LogP contribution < -0.4 is 5.32 Å². The Labute approximate surface area is 218 Å². The number of rotatable bonds is 9. The third-order valence-electron chi connectivity index (χ3n) is 5.90. The summed E-state index contributed by atoms with van der Waals surface area (Å²) < 4.78 is 0. The number of carbonyl (C=O) groups is 2. The highest BCUT2D eigenvalue weighted by Gasteiger charge is 2.31. The van der Waals surface area contributed by atoms with Crippen molar-refractivity contribution in [3.8, 4) is 0 Å². The number of halogens is 2. The lowest BCUT2D eigenvalue weighted by atomic mass is 9.99. The second-order valence-electron chi connectivity index (χ2n) is 9.23. The Morgan fingerprint density at radius 3 is 2.29 bits per heavy atom. The predicted octanol–water partition coefficient (Wildman–Crippen LogP) is 6.32. The average molecular weight is 511 g/mol. The number of hydrogen-bond donors (Lipinski definition) is 1. The molecule has 35 heavy (non-hydrogen) atoms. The zero-order valence-electron chi connectivity index (χ0n) is 20.6. The Hall–Kier alpha value is -2.82. The first-order valence-corrected chi connectivity index (χ1v) is 12.5. The Morgan fingerprint density at radius 1 is 0.914 bits per heavy atom. The summed E-state index contributed by atoms with van der Waals surface area (Å²) in [6, 6.07) is 20.3. The Balaban J connectivity index is 2.03. The number of nitrogens with zero attached hydrogens (tertiary/aromatic N) is 1. The molecule has 184 valence electrons. The minimum atomic E-state index is -0.704. The molecule has 0 saturated heterocycles. The van der Waals surface area contributed by atoms with Crippen LogP contribution in [0, 0.1) is 13.8 Å². The quantitative estimate of drug-likeness (QED) is 0.366. The zero-order valence-corrected chi connectivity index (χ0v) is 22.2. The van der Waals surface area contributed by atoms with Crippen LogP contribution in [0.5, 0.6) is 0 Å². The summed E-state index contributed by atoms with van der Waals surface area (Å²) in [4.78, 5) is 29.0. The van der Waals surface area contributed by atoms with Crippen molar-refractivity contribution >= 4 is 35.0 Å². The number of carbonyl (C=O) groups excluding carboxylic acids is 2. The Bertz CT molecular complexity index is 1180. The Kier molecular flexibility index (Phi) is 9.36. The summed E-state index contributed by atoms with van der Waals surface area (Å²) in [5, 5.41) is 3.99. The molecule has 3 aromatic rings. The van der Waals surface area contributed by atoms with Crippen LogP contribution >= 0.6 is 23.2 Å². The molecule has 1 atom stereocenters. The lowest BCUT2D eigenvalue weighted by Gasteiger charge is -2.32. The van der Waals surface area contributed by atoms with Crippen LogP contribution in [0.15, 0.2) is 66.7 Å². The van der Waals surface area contributed by atoms with Gasteiger partial charge in [0.15, 0.2) is 0 Å². The van der Waals surface area contributed by atoms with Gasteiger partial charge in [-0.1, -0.05) is 83.4 Å². The largest absolute Gasteiger partial charge is 0.352 e. The molecule has 0 saturated carbocycles. The molecule has 0 aliphatic heterocycles. The van der Waals surface area contributed by atoms with Crippen molar-refractivity contribution in [2.75, 3.05) is 0 Å². The van der Waals surface area contributed by atoms with E-state index in [1.807, 2.05) is 82.3 Å². The van der Waals surface area contributed by atoms with Crippen LogP contribution in [0.2, 0.25) is 10.0 Å². The van der Waals surface area contributed by atoms with Gasteiger partial charge < -0.3 is 10.2 Å². The fourth-order valence-corrected chi connectivity index (χ4v) is 4.49. The molecule has 2 amide bonds. The zero-order chi connectivity index (χ0) is 25.5. The molecule has 0 radical (unpaired) electrons. The van der Waals surface area contributed by atoms with Crippen LogP contribution in [-0.4, -0.2) is 28.8 Å². The first-order chi connectivity index (χ1) is 16.6. The van der Waals surface area contributed by atoms with E-state index in [0.29, 0.717) is 16.5 Å². The summed E-state index contributed by atoms with van der Waals surface area (Å²) >= 11 is 12.6. The molecule has 0 spiro atoms. The van der Waals surface area contributed by atoms with Crippen LogP contribution in [0.1, 0.15) is 41.7 Å². The minimum Gasteiger partial charge on any atom is -0.352 e. The number of amides is 2. The summed E-state index contributed by atoms with van der Waals surface area (Å²) in [7, 11) is 0. The van der Waals surface area contributed by atoms with E-state index >= 15 is 0 Å². The molecule has 3 rings (SSSR count). The minimum absolute atomic E-state index is 0.0594. The van der Waals surface area contributed by atoms with Gasteiger partial charge in [-0.3, -0.25) is 9.59 Å². The van der Waals surface area contributed by atoms with Crippen molar-refractivity contribution in [3.05, 3.63) is 105 Å². The standard InChI is InChI=1S/C29H32Cl2N2O2/c1-19(2)32-29(35)27(15-22-8-6-5-7-9-22)33(18-23-12-13-25(30)17-26(23)31)28(34)16-24-14-20(3)10-11-21(24)4/h5-14,17,19,27H,15-16,18H2,1-4H3,(H,32,35)/t27-/m1/s1. The second kappa shape index (κ2) is 12.2. The van der Waals surface area contributed by atoms with Gasteiger partial charge in [0.05, 0.1) is 6.42 Å². The van der Waals surface area contributed by atoms with Gasteiger partial charge >= 0.3 is 0 Å². The van der Waals surface area contributed by atoms with Crippen molar-refractivity contribution in [2.24, 2.45) is 0 Å².